The van der Waals surface area contributed by atoms with Gasteiger partial charge >= 0.3 is 0 Å². The molecule has 0 saturated heterocycles. The largest absolute Gasteiger partial charge is 0.396 e. The summed E-state index contributed by atoms with van der Waals surface area (Å²) in [5.74, 6) is -0.642. The summed E-state index contributed by atoms with van der Waals surface area (Å²) < 4.78 is 39.4. The van der Waals surface area contributed by atoms with Gasteiger partial charge in [0.1, 0.15) is 5.82 Å². The smallest absolute Gasteiger partial charge is 0.240 e. The first-order chi connectivity index (χ1) is 8.88. The van der Waals surface area contributed by atoms with Gasteiger partial charge in [0, 0.05) is 17.6 Å². The monoisotopic (exact) mass is 301 g/mol. The van der Waals surface area contributed by atoms with Crippen LogP contribution in [0, 0.1) is 12.7 Å². The quantitative estimate of drug-likeness (QED) is 0.841. The minimum Gasteiger partial charge on any atom is -0.396 e. The van der Waals surface area contributed by atoms with Gasteiger partial charge in [0.05, 0.1) is 15.6 Å². The Hall–Kier alpha value is -1.51. The fourth-order valence-electron chi connectivity index (χ4n) is 1.43. The van der Waals surface area contributed by atoms with E-state index < -0.39 is 15.8 Å². The Balaban J connectivity index is 2.16. The van der Waals surface area contributed by atoms with E-state index in [1.165, 1.54) is 17.4 Å². The maximum atomic E-state index is 13.0. The zero-order valence-electron chi connectivity index (χ0n) is 10.1. The molecule has 2 aromatic rings. The second kappa shape index (κ2) is 5.24. The molecule has 1 aromatic carbocycles. The first-order valence-electron chi connectivity index (χ1n) is 5.34. The molecule has 0 aliphatic rings. The highest BCUT2D eigenvalue weighted by Gasteiger charge is 2.15. The molecule has 0 saturated carbocycles. The van der Waals surface area contributed by atoms with Gasteiger partial charge in [0.25, 0.3) is 0 Å². The van der Waals surface area contributed by atoms with E-state index in [9.17, 15) is 12.8 Å². The summed E-state index contributed by atoms with van der Waals surface area (Å²) in [7, 11) is -3.71. The highest BCUT2D eigenvalue weighted by molar-refractivity contribution is 7.89. The minimum atomic E-state index is -3.71. The number of halogens is 1. The summed E-state index contributed by atoms with van der Waals surface area (Å²) in [4.78, 5) is 4.77. The van der Waals surface area contributed by atoms with E-state index in [-0.39, 0.29) is 17.1 Å². The van der Waals surface area contributed by atoms with Gasteiger partial charge in [-0.15, -0.1) is 11.3 Å². The fourth-order valence-corrected chi connectivity index (χ4v) is 3.29. The Bertz CT molecular complexity index is 698. The molecule has 0 aliphatic heterocycles. The Morgan fingerprint density at radius 2 is 2.21 bits per heavy atom. The number of benzene rings is 1. The molecular formula is C11H12FN3O2S2. The molecule has 1 aromatic heterocycles. The van der Waals surface area contributed by atoms with Crippen molar-refractivity contribution in [1.29, 1.82) is 0 Å². The topological polar surface area (TPSA) is 85.1 Å². The minimum absolute atomic E-state index is 0.0624. The number of anilines is 1. The normalized spacial score (nSPS) is 11.7. The number of nitrogen functional groups attached to an aromatic ring is 1. The SMILES string of the molecule is Cc1ncc(CNS(=O)(=O)c2ccc(F)c(N)c2)s1. The summed E-state index contributed by atoms with van der Waals surface area (Å²) in [5.41, 5.74) is 5.16. The van der Waals surface area contributed by atoms with Crippen LogP contribution in [0.15, 0.2) is 29.3 Å². The van der Waals surface area contributed by atoms with Crippen LogP contribution in [0.2, 0.25) is 0 Å². The molecule has 19 heavy (non-hydrogen) atoms. The van der Waals surface area contributed by atoms with Crippen LogP contribution in [0.1, 0.15) is 9.88 Å². The standard InChI is InChI=1S/C11H12FN3O2S2/c1-7-14-5-8(18-7)6-15-19(16,17)9-2-3-10(12)11(13)4-9/h2-5,15H,6,13H2,1H3. The Labute approximate surface area is 114 Å². The van der Waals surface area contributed by atoms with Gasteiger partial charge in [-0.25, -0.2) is 22.5 Å². The van der Waals surface area contributed by atoms with Crippen molar-refractivity contribution in [3.05, 3.63) is 40.1 Å². The number of hydrogen-bond donors (Lipinski definition) is 2. The maximum absolute atomic E-state index is 13.0. The number of rotatable bonds is 4. The maximum Gasteiger partial charge on any atom is 0.240 e. The first-order valence-corrected chi connectivity index (χ1v) is 7.64. The van der Waals surface area contributed by atoms with Crippen molar-refractivity contribution >= 4 is 27.0 Å². The van der Waals surface area contributed by atoms with E-state index in [0.29, 0.717) is 0 Å². The van der Waals surface area contributed by atoms with Crippen molar-refractivity contribution < 1.29 is 12.8 Å². The molecule has 0 amide bonds. The second-order valence-electron chi connectivity index (χ2n) is 3.85. The zero-order valence-corrected chi connectivity index (χ0v) is 11.7. The van der Waals surface area contributed by atoms with Crippen LogP contribution in [0.3, 0.4) is 0 Å². The predicted octanol–water partition coefficient (Wildman–Crippen LogP) is 1.65. The molecule has 0 radical (unpaired) electrons. The third kappa shape index (κ3) is 3.28. The lowest BCUT2D eigenvalue weighted by Gasteiger charge is -2.06. The molecule has 3 N–H and O–H groups in total. The lowest BCUT2D eigenvalue weighted by molar-refractivity contribution is 0.581. The number of hydrogen-bond acceptors (Lipinski definition) is 5. The number of aromatic nitrogens is 1. The average Bonchev–Trinajstić information content (AvgIpc) is 2.76. The van der Waals surface area contributed by atoms with Crippen LogP contribution >= 0.6 is 11.3 Å². The first kappa shape index (κ1) is 13.9. The molecule has 102 valence electrons. The summed E-state index contributed by atoms with van der Waals surface area (Å²) in [6, 6.07) is 3.29. The summed E-state index contributed by atoms with van der Waals surface area (Å²) in [6.07, 6.45) is 1.61. The Morgan fingerprint density at radius 1 is 1.47 bits per heavy atom. The Morgan fingerprint density at radius 3 is 2.79 bits per heavy atom. The predicted molar refractivity (Wildman–Crippen MR) is 71.7 cm³/mol. The van der Waals surface area contributed by atoms with Gasteiger partial charge in [-0.2, -0.15) is 0 Å². The highest BCUT2D eigenvalue weighted by atomic mass is 32.2. The molecule has 5 nitrogen and oxygen atoms in total. The Kier molecular flexibility index (Phi) is 3.83. The molecule has 0 bridgehead atoms. The van der Waals surface area contributed by atoms with Gasteiger partial charge in [-0.3, -0.25) is 0 Å². The van der Waals surface area contributed by atoms with Gasteiger partial charge < -0.3 is 5.73 Å². The van der Waals surface area contributed by atoms with Crippen LogP contribution in [-0.2, 0) is 16.6 Å². The third-order valence-electron chi connectivity index (χ3n) is 2.38. The molecule has 0 atom stereocenters. The summed E-state index contributed by atoms with van der Waals surface area (Å²) in [5, 5.41) is 0.861. The molecule has 0 aliphatic carbocycles. The zero-order chi connectivity index (χ0) is 14.0. The number of thiazole rings is 1. The van der Waals surface area contributed by atoms with Crippen LogP contribution in [0.4, 0.5) is 10.1 Å². The van der Waals surface area contributed by atoms with E-state index >= 15 is 0 Å². The van der Waals surface area contributed by atoms with Crippen molar-refractivity contribution in [2.24, 2.45) is 0 Å². The van der Waals surface area contributed by atoms with Crippen molar-refractivity contribution in [3.8, 4) is 0 Å². The van der Waals surface area contributed by atoms with Crippen LogP contribution < -0.4 is 10.5 Å². The van der Waals surface area contributed by atoms with Crippen LogP contribution in [0.5, 0.6) is 0 Å². The van der Waals surface area contributed by atoms with Crippen molar-refractivity contribution in [1.82, 2.24) is 9.71 Å². The van der Waals surface area contributed by atoms with Gasteiger partial charge in [-0.05, 0) is 25.1 Å². The van der Waals surface area contributed by atoms with Gasteiger partial charge in [-0.1, -0.05) is 0 Å². The highest BCUT2D eigenvalue weighted by Crippen LogP contribution is 2.17. The lowest BCUT2D eigenvalue weighted by atomic mass is 10.3. The lowest BCUT2D eigenvalue weighted by Crippen LogP contribution is -2.23. The molecular weight excluding hydrogens is 289 g/mol. The number of aryl methyl sites for hydroxylation is 1. The van der Waals surface area contributed by atoms with Gasteiger partial charge in [0.2, 0.25) is 10.0 Å². The summed E-state index contributed by atoms with van der Waals surface area (Å²) >= 11 is 1.41. The van der Waals surface area contributed by atoms with E-state index in [1.807, 2.05) is 6.92 Å². The molecule has 0 unspecified atom stereocenters. The number of nitrogens with one attached hydrogen (secondary N) is 1. The second-order valence-corrected chi connectivity index (χ2v) is 6.94. The van der Waals surface area contributed by atoms with E-state index in [0.717, 1.165) is 22.0 Å². The van der Waals surface area contributed by atoms with Crippen LogP contribution in [-0.4, -0.2) is 13.4 Å². The van der Waals surface area contributed by atoms with Crippen molar-refractivity contribution in [3.63, 3.8) is 0 Å². The fraction of sp³-hybridized carbons (Fsp3) is 0.182. The van der Waals surface area contributed by atoms with Gasteiger partial charge in [0.15, 0.2) is 0 Å². The van der Waals surface area contributed by atoms with Crippen LogP contribution in [0.25, 0.3) is 0 Å². The number of sulfonamides is 1. The van der Waals surface area contributed by atoms with Crippen molar-refractivity contribution in [2.45, 2.75) is 18.4 Å². The third-order valence-corrected chi connectivity index (χ3v) is 4.69. The number of nitrogens with two attached hydrogens (primary N) is 1. The molecule has 0 spiro atoms. The summed E-state index contributed by atoms with van der Waals surface area (Å²) in [6.45, 7) is 1.98. The molecule has 1 heterocycles. The van der Waals surface area contributed by atoms with E-state index in [2.05, 4.69) is 9.71 Å². The molecule has 2 rings (SSSR count). The average molecular weight is 301 g/mol. The number of nitrogens with zero attached hydrogens (tertiary/aromatic N) is 1. The molecule has 8 heteroatoms. The van der Waals surface area contributed by atoms with Crippen molar-refractivity contribution in [2.75, 3.05) is 5.73 Å². The van der Waals surface area contributed by atoms with E-state index in [1.54, 1.807) is 6.20 Å². The molecule has 0 fully saturated rings. The van der Waals surface area contributed by atoms with E-state index in [4.69, 9.17) is 5.73 Å².